The van der Waals surface area contributed by atoms with Crippen molar-refractivity contribution in [1.82, 2.24) is 10.3 Å². The van der Waals surface area contributed by atoms with Crippen LogP contribution in [0.15, 0.2) is 66.9 Å². The lowest BCUT2D eigenvalue weighted by Gasteiger charge is -2.14. The number of ether oxygens (including phenoxy) is 3. The molecular weight excluding hydrogens is 488 g/mol. The van der Waals surface area contributed by atoms with Crippen molar-refractivity contribution < 1.29 is 27.8 Å². The summed E-state index contributed by atoms with van der Waals surface area (Å²) in [5.41, 5.74) is 1.15. The number of nitrogens with one attached hydrogen (secondary N) is 2. The molecule has 7 nitrogen and oxygen atoms in total. The molecule has 4 aromatic rings. The fourth-order valence-electron chi connectivity index (χ4n) is 3.48. The number of hydrogen-bond donors (Lipinski definition) is 2. The second-order valence-electron chi connectivity index (χ2n) is 7.59. The van der Waals surface area contributed by atoms with Gasteiger partial charge in [0.05, 0.1) is 31.8 Å². The Bertz CT molecular complexity index is 1450. The quantitative estimate of drug-likeness (QED) is 0.324. The molecule has 3 aromatic carbocycles. The molecule has 0 fully saturated rings. The Hall–Kier alpha value is -4.31. The number of benzene rings is 3. The molecule has 0 saturated heterocycles. The molecule has 1 aromatic heterocycles. The van der Waals surface area contributed by atoms with Crippen LogP contribution in [0.4, 0.5) is 14.5 Å². The van der Waals surface area contributed by atoms with E-state index >= 15 is 0 Å². The first kappa shape index (κ1) is 24.8. The molecule has 0 spiro atoms. The summed E-state index contributed by atoms with van der Waals surface area (Å²) in [4.78, 5) is 16.5. The summed E-state index contributed by atoms with van der Waals surface area (Å²) >= 11 is 5.10. The largest absolute Gasteiger partial charge is 0.493 e. The number of carbonyl (C=O) groups is 1. The maximum atomic E-state index is 14.8. The number of carbonyl (C=O) groups excluding carboxylic acids is 1. The molecule has 0 aliphatic rings. The number of anilines is 1. The van der Waals surface area contributed by atoms with Crippen LogP contribution in [0.25, 0.3) is 10.9 Å². The number of fused-ring (bicyclic) bond motifs is 1. The van der Waals surface area contributed by atoms with Crippen molar-refractivity contribution in [3.63, 3.8) is 0 Å². The monoisotopic (exact) mass is 509 g/mol. The Kier molecular flexibility index (Phi) is 7.55. The highest BCUT2D eigenvalue weighted by Gasteiger charge is 2.13. The molecule has 0 saturated carbocycles. The molecule has 36 heavy (non-hydrogen) atoms. The number of thiocarbonyl (C=S) groups is 1. The highest BCUT2D eigenvalue weighted by atomic mass is 32.1. The van der Waals surface area contributed by atoms with Crippen LogP contribution in [0.3, 0.4) is 0 Å². The van der Waals surface area contributed by atoms with Gasteiger partial charge < -0.3 is 24.8 Å². The predicted molar refractivity (Wildman–Crippen MR) is 136 cm³/mol. The smallest absolute Gasteiger partial charge is 0.230 e. The number of hydrogen-bond acceptors (Lipinski definition) is 6. The highest BCUT2D eigenvalue weighted by Crippen LogP contribution is 2.37. The minimum absolute atomic E-state index is 0.0457. The Morgan fingerprint density at radius 2 is 1.75 bits per heavy atom. The standard InChI is InChI=1S/C26H21F2N3O4S/c1-33-23-13-18-21(14-24(23)34-2)29-9-8-22(18)35-17-6-7-20(19(28)12-17)30-26(36)31-25(32)11-15-4-3-5-16(27)10-15/h3-10,12-14H,11H2,1-2H3,(H2,30,31,32,36). The van der Waals surface area contributed by atoms with Gasteiger partial charge in [-0.25, -0.2) is 8.78 Å². The molecule has 0 unspecified atom stereocenters. The van der Waals surface area contributed by atoms with Gasteiger partial charge in [0, 0.05) is 23.7 Å². The number of halogens is 2. The third kappa shape index (κ3) is 5.84. The Morgan fingerprint density at radius 3 is 2.47 bits per heavy atom. The summed E-state index contributed by atoms with van der Waals surface area (Å²) in [5, 5.41) is 5.65. The van der Waals surface area contributed by atoms with Gasteiger partial charge in [-0.2, -0.15) is 0 Å². The molecule has 0 atom stereocenters. The van der Waals surface area contributed by atoms with E-state index in [1.54, 1.807) is 36.5 Å². The van der Waals surface area contributed by atoms with Crippen molar-refractivity contribution in [2.45, 2.75) is 6.42 Å². The Balaban J connectivity index is 1.44. The summed E-state index contributed by atoms with van der Waals surface area (Å²) in [6.07, 6.45) is 1.49. The summed E-state index contributed by atoms with van der Waals surface area (Å²) in [7, 11) is 3.06. The van der Waals surface area contributed by atoms with Gasteiger partial charge in [-0.1, -0.05) is 12.1 Å². The first-order chi connectivity index (χ1) is 17.4. The number of rotatable bonds is 7. The van der Waals surface area contributed by atoms with E-state index in [1.165, 1.54) is 44.6 Å². The van der Waals surface area contributed by atoms with Crippen LogP contribution in [-0.4, -0.2) is 30.2 Å². The van der Waals surface area contributed by atoms with Crippen molar-refractivity contribution >= 4 is 39.8 Å². The fourth-order valence-corrected chi connectivity index (χ4v) is 3.70. The van der Waals surface area contributed by atoms with Gasteiger partial charge in [0.25, 0.3) is 0 Å². The molecule has 184 valence electrons. The number of aromatic nitrogens is 1. The zero-order valence-corrected chi connectivity index (χ0v) is 20.1. The topological polar surface area (TPSA) is 81.7 Å². The molecule has 10 heteroatoms. The summed E-state index contributed by atoms with van der Waals surface area (Å²) in [6, 6.07) is 15.0. The first-order valence-electron chi connectivity index (χ1n) is 10.7. The van der Waals surface area contributed by atoms with Crippen molar-refractivity contribution in [2.24, 2.45) is 0 Å². The van der Waals surface area contributed by atoms with Gasteiger partial charge in [-0.3, -0.25) is 9.78 Å². The number of amides is 1. The molecule has 1 heterocycles. The summed E-state index contributed by atoms with van der Waals surface area (Å²) in [5.74, 6) is 0.158. The normalized spacial score (nSPS) is 10.6. The van der Waals surface area contributed by atoms with Crippen LogP contribution in [0, 0.1) is 11.6 Å². The number of methoxy groups -OCH3 is 2. The van der Waals surface area contributed by atoms with Gasteiger partial charge in [0.1, 0.15) is 23.1 Å². The second kappa shape index (κ2) is 11.0. The second-order valence-corrected chi connectivity index (χ2v) is 7.99. The molecule has 2 N–H and O–H groups in total. The van der Waals surface area contributed by atoms with Gasteiger partial charge in [-0.05, 0) is 54.2 Å². The molecule has 4 rings (SSSR count). The SMILES string of the molecule is COc1cc2nccc(Oc3ccc(NC(=S)NC(=O)Cc4cccc(F)c4)c(F)c3)c2cc1OC. The molecule has 0 radical (unpaired) electrons. The summed E-state index contributed by atoms with van der Waals surface area (Å²) < 4.78 is 44.6. The van der Waals surface area contributed by atoms with E-state index in [4.69, 9.17) is 26.4 Å². The van der Waals surface area contributed by atoms with Gasteiger partial charge in [0.15, 0.2) is 16.6 Å². The Morgan fingerprint density at radius 1 is 0.972 bits per heavy atom. The lowest BCUT2D eigenvalue weighted by molar-refractivity contribution is -0.119. The van der Waals surface area contributed by atoms with Crippen molar-refractivity contribution in [1.29, 1.82) is 0 Å². The van der Waals surface area contributed by atoms with E-state index in [0.29, 0.717) is 33.7 Å². The third-order valence-corrected chi connectivity index (χ3v) is 5.33. The van der Waals surface area contributed by atoms with Gasteiger partial charge in [-0.15, -0.1) is 0 Å². The zero-order chi connectivity index (χ0) is 25.7. The highest BCUT2D eigenvalue weighted by molar-refractivity contribution is 7.80. The first-order valence-corrected chi connectivity index (χ1v) is 11.1. The average Bonchev–Trinajstić information content (AvgIpc) is 2.85. The molecular formula is C26H21F2N3O4S. The predicted octanol–water partition coefficient (Wildman–Crippen LogP) is 5.38. The van der Waals surface area contributed by atoms with Crippen LogP contribution in [0.5, 0.6) is 23.0 Å². The lowest BCUT2D eigenvalue weighted by atomic mass is 10.1. The van der Waals surface area contributed by atoms with E-state index < -0.39 is 17.5 Å². The molecule has 0 bridgehead atoms. The van der Waals surface area contributed by atoms with E-state index in [1.807, 2.05) is 0 Å². The van der Waals surface area contributed by atoms with E-state index in [9.17, 15) is 13.6 Å². The summed E-state index contributed by atoms with van der Waals surface area (Å²) in [6.45, 7) is 0. The van der Waals surface area contributed by atoms with Gasteiger partial charge >= 0.3 is 0 Å². The van der Waals surface area contributed by atoms with Crippen molar-refractivity contribution in [2.75, 3.05) is 19.5 Å². The Labute approximate surface area is 211 Å². The molecule has 0 aliphatic heterocycles. The maximum absolute atomic E-state index is 14.8. The minimum Gasteiger partial charge on any atom is -0.493 e. The van der Waals surface area contributed by atoms with Crippen molar-refractivity contribution in [3.05, 3.63) is 84.1 Å². The molecule has 0 aliphatic carbocycles. The van der Waals surface area contributed by atoms with Crippen LogP contribution in [0.2, 0.25) is 0 Å². The van der Waals surface area contributed by atoms with E-state index in [-0.39, 0.29) is 23.0 Å². The third-order valence-electron chi connectivity index (χ3n) is 5.13. The molecule has 1 amide bonds. The van der Waals surface area contributed by atoms with Crippen molar-refractivity contribution in [3.8, 4) is 23.0 Å². The lowest BCUT2D eigenvalue weighted by Crippen LogP contribution is -2.35. The van der Waals surface area contributed by atoms with E-state index in [0.717, 1.165) is 0 Å². The van der Waals surface area contributed by atoms with Crippen LogP contribution in [-0.2, 0) is 11.2 Å². The zero-order valence-electron chi connectivity index (χ0n) is 19.3. The number of nitrogens with zero attached hydrogens (tertiary/aromatic N) is 1. The van der Waals surface area contributed by atoms with Crippen LogP contribution in [0.1, 0.15) is 5.56 Å². The number of pyridine rings is 1. The maximum Gasteiger partial charge on any atom is 0.230 e. The van der Waals surface area contributed by atoms with Crippen LogP contribution < -0.4 is 24.8 Å². The van der Waals surface area contributed by atoms with Gasteiger partial charge in [0.2, 0.25) is 5.91 Å². The van der Waals surface area contributed by atoms with Crippen LogP contribution >= 0.6 is 12.2 Å². The minimum atomic E-state index is -0.646. The van der Waals surface area contributed by atoms with E-state index in [2.05, 4.69) is 15.6 Å². The average molecular weight is 510 g/mol. The fraction of sp³-hybridized carbons (Fsp3) is 0.115.